The molecule has 1 aliphatic heterocycles. The molecule has 0 bridgehead atoms. The van der Waals surface area contributed by atoms with Gasteiger partial charge in [0.15, 0.2) is 0 Å². The molecule has 1 nitrogen and oxygen atoms in total. The molecule has 4 heteroatoms. The highest BCUT2D eigenvalue weighted by Gasteiger charge is 2.24. The molecule has 0 aromatic heterocycles. The number of benzene rings is 1. The Labute approximate surface area is 98.2 Å². The van der Waals surface area contributed by atoms with E-state index < -0.39 is 0 Å². The van der Waals surface area contributed by atoms with E-state index in [1.165, 1.54) is 0 Å². The van der Waals surface area contributed by atoms with Gasteiger partial charge in [0.2, 0.25) is 0 Å². The third kappa shape index (κ3) is 2.03. The molecule has 76 valence electrons. The van der Waals surface area contributed by atoms with Crippen molar-refractivity contribution in [1.29, 1.82) is 0 Å². The van der Waals surface area contributed by atoms with Crippen molar-refractivity contribution in [3.8, 4) is 0 Å². The number of thioether (sulfide) groups is 1. The van der Waals surface area contributed by atoms with E-state index in [9.17, 15) is 0 Å². The number of rotatable bonds is 1. The first-order valence-electron chi connectivity index (χ1n) is 4.50. The summed E-state index contributed by atoms with van der Waals surface area (Å²) >= 11 is 14.0. The molecule has 1 heterocycles. The standard InChI is InChI=1S/C10H11Cl2NS/c1-6-5-14-10(13-6)7-3-2-4-8(11)9(7)12/h2-4,6,10,13H,5H2,1H3. The van der Waals surface area contributed by atoms with E-state index in [1.54, 1.807) is 0 Å². The van der Waals surface area contributed by atoms with Crippen LogP contribution in [-0.2, 0) is 0 Å². The predicted octanol–water partition coefficient (Wildman–Crippen LogP) is 3.72. The maximum Gasteiger partial charge on any atom is 0.0807 e. The molecule has 1 saturated heterocycles. The molecule has 1 aromatic rings. The maximum absolute atomic E-state index is 6.14. The van der Waals surface area contributed by atoms with Crippen molar-refractivity contribution in [2.24, 2.45) is 0 Å². The molecule has 2 atom stereocenters. The fourth-order valence-electron chi connectivity index (χ4n) is 1.50. The minimum atomic E-state index is 0.288. The smallest absolute Gasteiger partial charge is 0.0807 e. The molecule has 2 unspecified atom stereocenters. The van der Waals surface area contributed by atoms with E-state index in [0.29, 0.717) is 16.1 Å². The zero-order valence-corrected chi connectivity index (χ0v) is 10.1. The monoisotopic (exact) mass is 247 g/mol. The Bertz CT molecular complexity index is 343. The van der Waals surface area contributed by atoms with Gasteiger partial charge in [-0.3, -0.25) is 5.32 Å². The van der Waals surface area contributed by atoms with Crippen molar-refractivity contribution in [2.75, 3.05) is 5.75 Å². The van der Waals surface area contributed by atoms with Crippen LogP contribution in [-0.4, -0.2) is 11.8 Å². The van der Waals surface area contributed by atoms with E-state index in [2.05, 4.69) is 12.2 Å². The Hall–Kier alpha value is 0.110. The summed E-state index contributed by atoms with van der Waals surface area (Å²) in [6.07, 6.45) is 0. The third-order valence-corrected chi connectivity index (χ3v) is 4.46. The lowest BCUT2D eigenvalue weighted by molar-refractivity contribution is 0.618. The van der Waals surface area contributed by atoms with Crippen LogP contribution in [0.5, 0.6) is 0 Å². The second-order valence-electron chi connectivity index (χ2n) is 3.42. The van der Waals surface area contributed by atoms with Crippen LogP contribution in [0, 0.1) is 0 Å². The molecule has 1 N–H and O–H groups in total. The van der Waals surface area contributed by atoms with Gasteiger partial charge in [0.05, 0.1) is 15.4 Å². The molecule has 0 spiro atoms. The molecule has 14 heavy (non-hydrogen) atoms. The normalized spacial score (nSPS) is 26.8. The summed E-state index contributed by atoms with van der Waals surface area (Å²) in [4.78, 5) is 0. The number of hydrogen-bond acceptors (Lipinski definition) is 2. The van der Waals surface area contributed by atoms with Crippen molar-refractivity contribution in [1.82, 2.24) is 5.32 Å². The van der Waals surface area contributed by atoms with Crippen molar-refractivity contribution >= 4 is 35.0 Å². The Morgan fingerprint density at radius 2 is 2.21 bits per heavy atom. The molecule has 2 rings (SSSR count). The van der Waals surface area contributed by atoms with Crippen LogP contribution >= 0.6 is 35.0 Å². The highest BCUT2D eigenvalue weighted by molar-refractivity contribution is 7.99. The average molecular weight is 248 g/mol. The Morgan fingerprint density at radius 1 is 1.43 bits per heavy atom. The highest BCUT2D eigenvalue weighted by atomic mass is 35.5. The fourth-order valence-corrected chi connectivity index (χ4v) is 3.26. The lowest BCUT2D eigenvalue weighted by atomic mass is 10.2. The van der Waals surface area contributed by atoms with Gasteiger partial charge in [-0.2, -0.15) is 0 Å². The predicted molar refractivity (Wildman–Crippen MR) is 64.3 cm³/mol. The zero-order chi connectivity index (χ0) is 10.1. The van der Waals surface area contributed by atoms with Gasteiger partial charge in [-0.1, -0.05) is 35.3 Å². The minimum absolute atomic E-state index is 0.288. The van der Waals surface area contributed by atoms with Gasteiger partial charge >= 0.3 is 0 Å². The minimum Gasteiger partial charge on any atom is -0.298 e. The first kappa shape index (κ1) is 10.6. The quantitative estimate of drug-likeness (QED) is 0.812. The number of halogens is 2. The molecule has 1 aliphatic rings. The topological polar surface area (TPSA) is 12.0 Å². The second kappa shape index (κ2) is 4.31. The van der Waals surface area contributed by atoms with Crippen molar-refractivity contribution in [2.45, 2.75) is 18.3 Å². The highest BCUT2D eigenvalue weighted by Crippen LogP contribution is 2.38. The molecule has 0 radical (unpaired) electrons. The Morgan fingerprint density at radius 3 is 2.86 bits per heavy atom. The largest absolute Gasteiger partial charge is 0.298 e. The molecule has 1 fully saturated rings. The van der Waals surface area contributed by atoms with Crippen LogP contribution in [0.25, 0.3) is 0 Å². The van der Waals surface area contributed by atoms with Gasteiger partial charge in [-0.25, -0.2) is 0 Å². The van der Waals surface area contributed by atoms with E-state index in [4.69, 9.17) is 23.2 Å². The van der Waals surface area contributed by atoms with Crippen LogP contribution in [0.15, 0.2) is 18.2 Å². The Balaban J connectivity index is 2.28. The summed E-state index contributed by atoms with van der Waals surface area (Å²) in [5.41, 5.74) is 1.09. The lowest BCUT2D eigenvalue weighted by Gasteiger charge is -2.13. The Kier molecular flexibility index (Phi) is 3.27. The third-order valence-electron chi connectivity index (χ3n) is 2.21. The van der Waals surface area contributed by atoms with Crippen molar-refractivity contribution < 1.29 is 0 Å². The van der Waals surface area contributed by atoms with Crippen LogP contribution < -0.4 is 5.32 Å². The van der Waals surface area contributed by atoms with Crippen molar-refractivity contribution in [3.63, 3.8) is 0 Å². The summed E-state index contributed by atoms with van der Waals surface area (Å²) in [6.45, 7) is 2.17. The first-order valence-corrected chi connectivity index (χ1v) is 6.30. The maximum atomic E-state index is 6.14. The lowest BCUT2D eigenvalue weighted by Crippen LogP contribution is -2.22. The van der Waals surface area contributed by atoms with E-state index in [1.807, 2.05) is 30.0 Å². The fraction of sp³-hybridized carbons (Fsp3) is 0.400. The summed E-state index contributed by atoms with van der Waals surface area (Å²) in [6, 6.07) is 6.32. The van der Waals surface area contributed by atoms with Gasteiger partial charge in [0.1, 0.15) is 0 Å². The molecule has 0 amide bonds. The average Bonchev–Trinajstić information content (AvgIpc) is 2.57. The SMILES string of the molecule is CC1CSC(c2cccc(Cl)c2Cl)N1. The van der Waals surface area contributed by atoms with Gasteiger partial charge < -0.3 is 0 Å². The van der Waals surface area contributed by atoms with Gasteiger partial charge in [-0.05, 0) is 18.6 Å². The molecule has 0 saturated carbocycles. The van der Waals surface area contributed by atoms with E-state index in [-0.39, 0.29) is 5.37 Å². The molecular weight excluding hydrogens is 237 g/mol. The number of nitrogens with one attached hydrogen (secondary N) is 1. The van der Waals surface area contributed by atoms with Crippen LogP contribution in [0.2, 0.25) is 10.0 Å². The van der Waals surface area contributed by atoms with Gasteiger partial charge in [0.25, 0.3) is 0 Å². The summed E-state index contributed by atoms with van der Waals surface area (Å²) in [7, 11) is 0. The van der Waals surface area contributed by atoms with Gasteiger partial charge in [-0.15, -0.1) is 11.8 Å². The molecule has 0 aliphatic carbocycles. The summed E-state index contributed by atoms with van der Waals surface area (Å²) in [5.74, 6) is 1.12. The zero-order valence-electron chi connectivity index (χ0n) is 7.76. The van der Waals surface area contributed by atoms with Gasteiger partial charge in [0, 0.05) is 11.8 Å². The van der Waals surface area contributed by atoms with Crippen molar-refractivity contribution in [3.05, 3.63) is 33.8 Å². The van der Waals surface area contributed by atoms with E-state index >= 15 is 0 Å². The molecule has 1 aromatic carbocycles. The van der Waals surface area contributed by atoms with Crippen LogP contribution in [0.1, 0.15) is 17.9 Å². The summed E-state index contributed by atoms with van der Waals surface area (Å²) < 4.78 is 0. The van der Waals surface area contributed by atoms with Crippen LogP contribution in [0.4, 0.5) is 0 Å². The summed E-state index contributed by atoms with van der Waals surface area (Å²) in [5, 5.41) is 5.05. The second-order valence-corrected chi connectivity index (χ2v) is 5.35. The first-order chi connectivity index (χ1) is 6.68. The van der Waals surface area contributed by atoms with E-state index in [0.717, 1.165) is 11.3 Å². The molecular formula is C10H11Cl2NS. The van der Waals surface area contributed by atoms with Crippen LogP contribution in [0.3, 0.4) is 0 Å². The number of hydrogen-bond donors (Lipinski definition) is 1.